The normalized spacial score (nSPS) is 26.1. The van der Waals surface area contributed by atoms with Gasteiger partial charge in [-0.05, 0) is 33.6 Å². The molecular weight excluding hydrogens is 192 g/mol. The van der Waals surface area contributed by atoms with Crippen LogP contribution in [-0.4, -0.2) is 35.2 Å². The molecule has 0 radical (unpaired) electrons. The Bertz CT molecular complexity index is 236. The number of ether oxygens (including phenoxy) is 1. The van der Waals surface area contributed by atoms with Crippen LogP contribution in [0.4, 0.5) is 4.79 Å². The Balaban J connectivity index is 2.62. The van der Waals surface area contributed by atoms with Crippen LogP contribution in [0.2, 0.25) is 0 Å². The SMILES string of the molecule is CC[C@@]1(CN)CCN1C(=O)OC(C)(C)C. The monoisotopic (exact) mass is 214 g/mol. The van der Waals surface area contributed by atoms with Crippen molar-refractivity contribution >= 4 is 6.09 Å². The average molecular weight is 214 g/mol. The molecule has 15 heavy (non-hydrogen) atoms. The summed E-state index contributed by atoms with van der Waals surface area (Å²) in [5.74, 6) is 0. The lowest BCUT2D eigenvalue weighted by molar-refractivity contribution is -0.0426. The van der Waals surface area contributed by atoms with Gasteiger partial charge in [-0.3, -0.25) is 0 Å². The number of amides is 1. The third-order valence-electron chi connectivity index (χ3n) is 3.03. The van der Waals surface area contributed by atoms with Crippen molar-refractivity contribution in [2.45, 2.75) is 51.7 Å². The second kappa shape index (κ2) is 4.00. The van der Waals surface area contributed by atoms with Crippen molar-refractivity contribution in [3.05, 3.63) is 0 Å². The van der Waals surface area contributed by atoms with Crippen molar-refractivity contribution in [2.75, 3.05) is 13.1 Å². The Hall–Kier alpha value is -0.770. The topological polar surface area (TPSA) is 55.6 Å². The van der Waals surface area contributed by atoms with Crippen LogP contribution in [0, 0.1) is 0 Å². The molecule has 4 nitrogen and oxygen atoms in total. The van der Waals surface area contributed by atoms with Crippen molar-refractivity contribution in [1.82, 2.24) is 4.90 Å². The summed E-state index contributed by atoms with van der Waals surface area (Å²) < 4.78 is 5.33. The molecule has 1 aliphatic heterocycles. The van der Waals surface area contributed by atoms with E-state index in [2.05, 4.69) is 6.92 Å². The molecule has 1 heterocycles. The van der Waals surface area contributed by atoms with Gasteiger partial charge in [-0.25, -0.2) is 4.79 Å². The molecular formula is C11H22N2O2. The van der Waals surface area contributed by atoms with Gasteiger partial charge in [-0.1, -0.05) is 6.92 Å². The van der Waals surface area contributed by atoms with Crippen molar-refractivity contribution in [1.29, 1.82) is 0 Å². The predicted molar refractivity (Wildman–Crippen MR) is 59.6 cm³/mol. The molecule has 1 saturated heterocycles. The summed E-state index contributed by atoms with van der Waals surface area (Å²) in [6.45, 7) is 8.97. The molecule has 0 aliphatic carbocycles. The molecule has 0 spiro atoms. The number of carbonyl (C=O) groups is 1. The smallest absolute Gasteiger partial charge is 0.410 e. The van der Waals surface area contributed by atoms with Crippen LogP contribution in [0.3, 0.4) is 0 Å². The quantitative estimate of drug-likeness (QED) is 0.761. The van der Waals surface area contributed by atoms with Gasteiger partial charge in [0.25, 0.3) is 0 Å². The van der Waals surface area contributed by atoms with E-state index in [4.69, 9.17) is 10.5 Å². The van der Waals surface area contributed by atoms with Crippen molar-refractivity contribution in [3.8, 4) is 0 Å². The van der Waals surface area contributed by atoms with E-state index < -0.39 is 5.60 Å². The van der Waals surface area contributed by atoms with E-state index >= 15 is 0 Å². The van der Waals surface area contributed by atoms with Crippen LogP contribution in [0.25, 0.3) is 0 Å². The van der Waals surface area contributed by atoms with E-state index in [-0.39, 0.29) is 11.6 Å². The standard InChI is InChI=1S/C11H22N2O2/c1-5-11(8-12)6-7-13(11)9(14)15-10(2,3)4/h5-8,12H2,1-4H3/t11-/m0/s1. The zero-order valence-corrected chi connectivity index (χ0v) is 10.2. The lowest BCUT2D eigenvalue weighted by Gasteiger charge is -2.51. The van der Waals surface area contributed by atoms with Crippen molar-refractivity contribution in [2.24, 2.45) is 5.73 Å². The number of nitrogens with two attached hydrogens (primary N) is 1. The van der Waals surface area contributed by atoms with E-state index in [9.17, 15) is 4.79 Å². The van der Waals surface area contributed by atoms with Crippen molar-refractivity contribution in [3.63, 3.8) is 0 Å². The molecule has 1 amide bonds. The Morgan fingerprint density at radius 1 is 1.53 bits per heavy atom. The zero-order chi connectivity index (χ0) is 11.7. The number of hydrogen-bond donors (Lipinski definition) is 1. The lowest BCUT2D eigenvalue weighted by atomic mass is 9.82. The Labute approximate surface area is 91.8 Å². The largest absolute Gasteiger partial charge is 0.444 e. The van der Waals surface area contributed by atoms with E-state index in [1.807, 2.05) is 20.8 Å². The molecule has 0 aromatic heterocycles. The predicted octanol–water partition coefficient (Wildman–Crippen LogP) is 1.73. The minimum atomic E-state index is -0.430. The molecule has 0 aromatic rings. The molecule has 1 atom stereocenters. The zero-order valence-electron chi connectivity index (χ0n) is 10.2. The molecule has 0 unspecified atom stereocenters. The van der Waals surface area contributed by atoms with Crippen LogP contribution in [0.5, 0.6) is 0 Å². The molecule has 1 aliphatic rings. The van der Waals surface area contributed by atoms with Crippen LogP contribution in [-0.2, 0) is 4.74 Å². The van der Waals surface area contributed by atoms with Crippen LogP contribution in [0.1, 0.15) is 40.5 Å². The second-order valence-corrected chi connectivity index (χ2v) is 5.16. The molecule has 2 N–H and O–H groups in total. The fourth-order valence-electron chi connectivity index (χ4n) is 1.87. The van der Waals surface area contributed by atoms with Crippen LogP contribution in [0.15, 0.2) is 0 Å². The van der Waals surface area contributed by atoms with E-state index in [0.29, 0.717) is 6.54 Å². The minimum absolute atomic E-state index is 0.150. The fourth-order valence-corrected chi connectivity index (χ4v) is 1.87. The first-order valence-corrected chi connectivity index (χ1v) is 5.55. The summed E-state index contributed by atoms with van der Waals surface area (Å²) in [4.78, 5) is 13.6. The molecule has 4 heteroatoms. The molecule has 0 saturated carbocycles. The Kier molecular flexibility index (Phi) is 3.28. The number of likely N-dealkylation sites (tertiary alicyclic amines) is 1. The first-order valence-electron chi connectivity index (χ1n) is 5.55. The van der Waals surface area contributed by atoms with Gasteiger partial charge in [0.1, 0.15) is 5.60 Å². The number of hydrogen-bond acceptors (Lipinski definition) is 3. The average Bonchev–Trinajstić information content (AvgIpc) is 2.01. The summed E-state index contributed by atoms with van der Waals surface area (Å²) >= 11 is 0. The second-order valence-electron chi connectivity index (χ2n) is 5.16. The van der Waals surface area contributed by atoms with Crippen LogP contribution < -0.4 is 5.73 Å². The summed E-state index contributed by atoms with van der Waals surface area (Å²) in [5.41, 5.74) is 5.14. The highest BCUT2D eigenvalue weighted by Crippen LogP contribution is 2.34. The summed E-state index contributed by atoms with van der Waals surface area (Å²) in [6.07, 6.45) is 1.64. The lowest BCUT2D eigenvalue weighted by Crippen LogP contribution is -2.66. The summed E-state index contributed by atoms with van der Waals surface area (Å²) in [5, 5.41) is 0. The van der Waals surface area contributed by atoms with E-state index in [1.165, 1.54) is 0 Å². The van der Waals surface area contributed by atoms with E-state index in [1.54, 1.807) is 4.90 Å². The molecule has 1 rings (SSSR count). The molecule has 0 aromatic carbocycles. The first kappa shape index (κ1) is 12.3. The number of carbonyl (C=O) groups excluding carboxylic acids is 1. The molecule has 88 valence electrons. The highest BCUT2D eigenvalue weighted by Gasteiger charge is 2.46. The number of rotatable bonds is 2. The minimum Gasteiger partial charge on any atom is -0.444 e. The van der Waals surface area contributed by atoms with Gasteiger partial charge >= 0.3 is 6.09 Å². The Morgan fingerprint density at radius 2 is 2.13 bits per heavy atom. The Morgan fingerprint density at radius 3 is 2.40 bits per heavy atom. The highest BCUT2D eigenvalue weighted by atomic mass is 16.6. The van der Waals surface area contributed by atoms with Gasteiger partial charge < -0.3 is 15.4 Å². The first-order chi connectivity index (χ1) is 6.84. The van der Waals surface area contributed by atoms with Gasteiger partial charge in [0.05, 0.1) is 5.54 Å². The third kappa shape index (κ3) is 2.43. The fraction of sp³-hybridized carbons (Fsp3) is 0.909. The van der Waals surface area contributed by atoms with Gasteiger partial charge in [-0.15, -0.1) is 0 Å². The maximum atomic E-state index is 11.8. The van der Waals surface area contributed by atoms with E-state index in [0.717, 1.165) is 19.4 Å². The van der Waals surface area contributed by atoms with Crippen molar-refractivity contribution < 1.29 is 9.53 Å². The maximum Gasteiger partial charge on any atom is 0.410 e. The third-order valence-corrected chi connectivity index (χ3v) is 3.03. The van der Waals surface area contributed by atoms with Gasteiger partial charge in [0, 0.05) is 13.1 Å². The molecule has 1 fully saturated rings. The summed E-state index contributed by atoms with van der Waals surface area (Å²) in [6, 6.07) is 0. The maximum absolute atomic E-state index is 11.8. The van der Waals surface area contributed by atoms with Gasteiger partial charge in [0.15, 0.2) is 0 Å². The number of nitrogens with zero attached hydrogens (tertiary/aromatic N) is 1. The molecule has 0 bridgehead atoms. The summed E-state index contributed by atoms with van der Waals surface area (Å²) in [7, 11) is 0. The van der Waals surface area contributed by atoms with Gasteiger partial charge in [0.2, 0.25) is 0 Å². The van der Waals surface area contributed by atoms with Gasteiger partial charge in [-0.2, -0.15) is 0 Å². The highest BCUT2D eigenvalue weighted by molar-refractivity contribution is 5.70. The van der Waals surface area contributed by atoms with Crippen LogP contribution >= 0.6 is 0 Å².